The molecule has 2 aromatic rings. The third kappa shape index (κ3) is 4.64. The standard InChI is InChI=1S/C21H28N4O5S/c1-5-24(6-2)31(28,29)18-9-7-17(8-10-18)25-13-16(11-20(25)26)21(27)22-12-19-14(3)23-30-15(19)4/h7-10,16H,5-6,11-13H2,1-4H3,(H,22,27). The lowest BCUT2D eigenvalue weighted by Crippen LogP contribution is -2.33. The van der Waals surface area contributed by atoms with Gasteiger partial charge in [-0.05, 0) is 38.1 Å². The molecule has 3 rings (SSSR count). The van der Waals surface area contributed by atoms with Crippen LogP contribution < -0.4 is 10.2 Å². The molecule has 168 valence electrons. The van der Waals surface area contributed by atoms with Crippen molar-refractivity contribution in [3.05, 3.63) is 41.3 Å². The number of benzene rings is 1. The number of amides is 2. The van der Waals surface area contributed by atoms with E-state index in [-0.39, 0.29) is 29.7 Å². The van der Waals surface area contributed by atoms with Crippen molar-refractivity contribution in [2.24, 2.45) is 5.92 Å². The number of anilines is 1. The maximum absolute atomic E-state index is 12.6. The van der Waals surface area contributed by atoms with Crippen molar-refractivity contribution in [2.45, 2.75) is 45.6 Å². The highest BCUT2D eigenvalue weighted by atomic mass is 32.2. The molecule has 2 heterocycles. The van der Waals surface area contributed by atoms with Gasteiger partial charge in [-0.15, -0.1) is 0 Å². The average Bonchev–Trinajstić information content (AvgIpc) is 3.29. The van der Waals surface area contributed by atoms with Gasteiger partial charge < -0.3 is 14.7 Å². The molecule has 0 saturated carbocycles. The molecule has 2 amide bonds. The Labute approximate surface area is 182 Å². The van der Waals surface area contributed by atoms with Crippen molar-refractivity contribution in [1.29, 1.82) is 0 Å². The Morgan fingerprint density at radius 2 is 1.87 bits per heavy atom. The summed E-state index contributed by atoms with van der Waals surface area (Å²) >= 11 is 0. The smallest absolute Gasteiger partial charge is 0.243 e. The SMILES string of the molecule is CCN(CC)S(=O)(=O)c1ccc(N2CC(C(=O)NCc3c(C)noc3C)CC2=O)cc1. The van der Waals surface area contributed by atoms with Gasteiger partial charge in [0, 0.05) is 43.9 Å². The van der Waals surface area contributed by atoms with Crippen LogP contribution in [-0.2, 0) is 26.2 Å². The Morgan fingerprint density at radius 3 is 2.42 bits per heavy atom. The first-order valence-corrected chi connectivity index (χ1v) is 11.7. The van der Waals surface area contributed by atoms with Gasteiger partial charge in [-0.3, -0.25) is 9.59 Å². The van der Waals surface area contributed by atoms with Gasteiger partial charge in [0.2, 0.25) is 21.8 Å². The molecule has 1 N–H and O–H groups in total. The number of aromatic nitrogens is 1. The van der Waals surface area contributed by atoms with E-state index in [1.807, 2.05) is 6.92 Å². The fourth-order valence-corrected chi connectivity index (χ4v) is 5.18. The van der Waals surface area contributed by atoms with Gasteiger partial charge in [0.25, 0.3) is 0 Å². The summed E-state index contributed by atoms with van der Waals surface area (Å²) in [6, 6.07) is 6.22. The highest BCUT2D eigenvalue weighted by Gasteiger charge is 2.35. The van der Waals surface area contributed by atoms with Gasteiger partial charge in [0.1, 0.15) is 5.76 Å². The Balaban J connectivity index is 1.66. The number of rotatable bonds is 8. The normalized spacial score (nSPS) is 16.9. The second kappa shape index (κ2) is 9.19. The zero-order chi connectivity index (χ0) is 22.8. The number of carbonyl (C=O) groups is 2. The molecule has 1 aromatic carbocycles. The van der Waals surface area contributed by atoms with Crippen LogP contribution in [0.4, 0.5) is 5.69 Å². The Bertz CT molecular complexity index is 1040. The van der Waals surface area contributed by atoms with Crippen molar-refractivity contribution in [3.8, 4) is 0 Å². The van der Waals surface area contributed by atoms with Crippen molar-refractivity contribution in [3.63, 3.8) is 0 Å². The minimum Gasteiger partial charge on any atom is -0.361 e. The largest absolute Gasteiger partial charge is 0.361 e. The molecule has 1 aromatic heterocycles. The molecule has 0 aliphatic carbocycles. The van der Waals surface area contributed by atoms with Crippen LogP contribution in [0.3, 0.4) is 0 Å². The molecule has 0 bridgehead atoms. The first kappa shape index (κ1) is 23.0. The number of hydrogen-bond acceptors (Lipinski definition) is 6. The van der Waals surface area contributed by atoms with Crippen molar-refractivity contribution in [2.75, 3.05) is 24.5 Å². The average molecular weight is 449 g/mol. The first-order valence-electron chi connectivity index (χ1n) is 10.3. The van der Waals surface area contributed by atoms with Gasteiger partial charge in [0.05, 0.1) is 16.5 Å². The van der Waals surface area contributed by atoms with Crippen LogP contribution in [-0.4, -0.2) is 49.3 Å². The van der Waals surface area contributed by atoms with E-state index < -0.39 is 15.9 Å². The van der Waals surface area contributed by atoms with Crippen LogP contribution in [0.2, 0.25) is 0 Å². The summed E-state index contributed by atoms with van der Waals surface area (Å²) in [6.45, 7) is 8.47. The Kier molecular flexibility index (Phi) is 6.80. The van der Waals surface area contributed by atoms with E-state index in [1.165, 1.54) is 21.3 Å². The predicted octanol–water partition coefficient (Wildman–Crippen LogP) is 1.99. The quantitative estimate of drug-likeness (QED) is 0.661. The molecular formula is C21H28N4O5S. The summed E-state index contributed by atoms with van der Waals surface area (Å²) in [5.41, 5.74) is 2.13. The lowest BCUT2D eigenvalue weighted by molar-refractivity contribution is -0.126. The first-order chi connectivity index (χ1) is 14.7. The minimum atomic E-state index is -3.56. The molecule has 1 atom stereocenters. The van der Waals surface area contributed by atoms with Crippen LogP contribution in [0.25, 0.3) is 0 Å². The molecule has 1 saturated heterocycles. The van der Waals surface area contributed by atoms with Crippen LogP contribution in [0.1, 0.15) is 37.3 Å². The fourth-order valence-electron chi connectivity index (χ4n) is 3.72. The Morgan fingerprint density at radius 1 is 1.23 bits per heavy atom. The van der Waals surface area contributed by atoms with Gasteiger partial charge in [-0.2, -0.15) is 4.31 Å². The van der Waals surface area contributed by atoms with E-state index in [0.29, 0.717) is 31.1 Å². The van der Waals surface area contributed by atoms with E-state index in [0.717, 1.165) is 11.3 Å². The lowest BCUT2D eigenvalue weighted by Gasteiger charge is -2.20. The highest BCUT2D eigenvalue weighted by molar-refractivity contribution is 7.89. The minimum absolute atomic E-state index is 0.104. The van der Waals surface area contributed by atoms with Crippen LogP contribution in [0, 0.1) is 19.8 Å². The van der Waals surface area contributed by atoms with Gasteiger partial charge >= 0.3 is 0 Å². The van der Waals surface area contributed by atoms with Crippen molar-refractivity contribution >= 4 is 27.5 Å². The van der Waals surface area contributed by atoms with E-state index in [4.69, 9.17) is 4.52 Å². The maximum Gasteiger partial charge on any atom is 0.243 e. The van der Waals surface area contributed by atoms with Gasteiger partial charge in [-0.25, -0.2) is 8.42 Å². The van der Waals surface area contributed by atoms with E-state index in [2.05, 4.69) is 10.5 Å². The molecule has 1 unspecified atom stereocenters. The molecule has 31 heavy (non-hydrogen) atoms. The summed E-state index contributed by atoms with van der Waals surface area (Å²) in [5, 5.41) is 6.72. The van der Waals surface area contributed by atoms with E-state index in [9.17, 15) is 18.0 Å². The zero-order valence-electron chi connectivity index (χ0n) is 18.2. The lowest BCUT2D eigenvalue weighted by atomic mass is 10.1. The number of nitrogens with one attached hydrogen (secondary N) is 1. The number of sulfonamides is 1. The van der Waals surface area contributed by atoms with Gasteiger partial charge in [0.15, 0.2) is 0 Å². The third-order valence-corrected chi connectivity index (χ3v) is 7.67. The summed E-state index contributed by atoms with van der Waals surface area (Å²) in [5.74, 6) is -0.206. The number of hydrogen-bond donors (Lipinski definition) is 1. The molecule has 9 nitrogen and oxygen atoms in total. The number of aryl methyl sites for hydroxylation is 2. The topological polar surface area (TPSA) is 113 Å². The third-order valence-electron chi connectivity index (χ3n) is 5.61. The summed E-state index contributed by atoms with van der Waals surface area (Å²) < 4.78 is 31.7. The second-order valence-corrected chi connectivity index (χ2v) is 9.45. The molecule has 1 aliphatic heterocycles. The molecule has 1 fully saturated rings. The zero-order valence-corrected chi connectivity index (χ0v) is 19.0. The molecule has 1 aliphatic rings. The number of carbonyl (C=O) groups excluding carboxylic acids is 2. The van der Waals surface area contributed by atoms with Crippen LogP contribution >= 0.6 is 0 Å². The van der Waals surface area contributed by atoms with Crippen molar-refractivity contribution in [1.82, 2.24) is 14.8 Å². The van der Waals surface area contributed by atoms with Crippen molar-refractivity contribution < 1.29 is 22.5 Å². The van der Waals surface area contributed by atoms with Crippen LogP contribution in [0.15, 0.2) is 33.7 Å². The monoisotopic (exact) mass is 448 g/mol. The van der Waals surface area contributed by atoms with E-state index in [1.54, 1.807) is 32.9 Å². The highest BCUT2D eigenvalue weighted by Crippen LogP contribution is 2.27. The fraction of sp³-hybridized carbons (Fsp3) is 0.476. The maximum atomic E-state index is 12.6. The Hall–Kier alpha value is -2.72. The van der Waals surface area contributed by atoms with Gasteiger partial charge in [-0.1, -0.05) is 19.0 Å². The van der Waals surface area contributed by atoms with E-state index >= 15 is 0 Å². The molecule has 0 spiro atoms. The summed E-state index contributed by atoms with van der Waals surface area (Å²) in [6.07, 6.45) is 0.104. The predicted molar refractivity (Wildman–Crippen MR) is 115 cm³/mol. The summed E-state index contributed by atoms with van der Waals surface area (Å²) in [4.78, 5) is 26.8. The molecular weight excluding hydrogens is 420 g/mol. The molecule has 10 heteroatoms. The second-order valence-electron chi connectivity index (χ2n) is 7.51. The van der Waals surface area contributed by atoms with Crippen LogP contribution in [0.5, 0.6) is 0 Å². The summed E-state index contributed by atoms with van der Waals surface area (Å²) in [7, 11) is -3.56. The number of nitrogens with zero attached hydrogens (tertiary/aromatic N) is 3. The molecule has 0 radical (unpaired) electrons.